The molecule has 0 radical (unpaired) electrons. The monoisotopic (exact) mass is 263 g/mol. The fourth-order valence-corrected chi connectivity index (χ4v) is 1.66. The molecular weight excluding hydrogens is 246 g/mol. The summed E-state index contributed by atoms with van der Waals surface area (Å²) in [5.74, 6) is 0. The lowest BCUT2D eigenvalue weighted by molar-refractivity contribution is 0.496. The Kier molecular flexibility index (Phi) is 4.63. The molecule has 19 heavy (non-hydrogen) atoms. The summed E-state index contributed by atoms with van der Waals surface area (Å²) in [5.41, 5.74) is -1.32. The van der Waals surface area contributed by atoms with E-state index in [0.29, 0.717) is 5.57 Å². The maximum atomic E-state index is 12.1. The van der Waals surface area contributed by atoms with E-state index in [-0.39, 0.29) is 19.6 Å². The van der Waals surface area contributed by atoms with Gasteiger partial charge in [-0.25, -0.2) is 28.1 Å². The van der Waals surface area contributed by atoms with Crippen LogP contribution in [0.3, 0.4) is 0 Å². The molecule has 1 aromatic heterocycles. The predicted molar refractivity (Wildman–Crippen MR) is 74.4 cm³/mol. The van der Waals surface area contributed by atoms with Crippen molar-refractivity contribution in [3.63, 3.8) is 0 Å². The first-order valence-corrected chi connectivity index (χ1v) is 5.74. The standard InChI is InChI=1S/C13H17N3O3/c1-5-7-14-11(17)15(8-6-2)13(19)16(12(14)18)9-10(3)4/h5-6H,1-3,7-9H2,4H3. The van der Waals surface area contributed by atoms with Gasteiger partial charge in [-0.1, -0.05) is 24.3 Å². The number of allylic oxidation sites excluding steroid dienone is 3. The molecule has 1 heterocycles. The molecule has 102 valence electrons. The van der Waals surface area contributed by atoms with E-state index in [1.54, 1.807) is 6.92 Å². The molecule has 0 aromatic carbocycles. The molecule has 0 fully saturated rings. The number of rotatable bonds is 6. The largest absolute Gasteiger partial charge is 0.336 e. The van der Waals surface area contributed by atoms with E-state index in [0.717, 1.165) is 13.7 Å². The Morgan fingerprint density at radius 1 is 0.947 bits per heavy atom. The van der Waals surface area contributed by atoms with Gasteiger partial charge in [-0.15, -0.1) is 13.2 Å². The zero-order valence-electron chi connectivity index (χ0n) is 11.0. The molecule has 6 nitrogen and oxygen atoms in total. The van der Waals surface area contributed by atoms with Gasteiger partial charge in [0, 0.05) is 0 Å². The van der Waals surface area contributed by atoms with Crippen LogP contribution in [0.1, 0.15) is 6.92 Å². The Morgan fingerprint density at radius 3 is 1.63 bits per heavy atom. The Morgan fingerprint density at radius 2 is 1.32 bits per heavy atom. The maximum absolute atomic E-state index is 12.1. The van der Waals surface area contributed by atoms with Gasteiger partial charge in [0.05, 0.1) is 19.6 Å². The van der Waals surface area contributed by atoms with Crippen LogP contribution in [-0.4, -0.2) is 13.7 Å². The minimum absolute atomic E-state index is 0.0469. The number of hydrogen-bond donors (Lipinski definition) is 0. The summed E-state index contributed by atoms with van der Waals surface area (Å²) in [5, 5.41) is 0. The van der Waals surface area contributed by atoms with Gasteiger partial charge in [0.25, 0.3) is 0 Å². The normalized spacial score (nSPS) is 10.2. The van der Waals surface area contributed by atoms with Crippen LogP contribution in [0.15, 0.2) is 51.8 Å². The van der Waals surface area contributed by atoms with Crippen LogP contribution < -0.4 is 17.1 Å². The summed E-state index contributed by atoms with van der Waals surface area (Å²) in [6.07, 6.45) is 2.85. The summed E-state index contributed by atoms with van der Waals surface area (Å²) in [4.78, 5) is 36.2. The Bertz CT molecular complexity index is 640. The molecule has 1 rings (SSSR count). The van der Waals surface area contributed by atoms with Gasteiger partial charge in [0.1, 0.15) is 0 Å². The molecule has 0 saturated carbocycles. The fraction of sp³-hybridized carbons (Fsp3) is 0.308. The number of hydrogen-bond acceptors (Lipinski definition) is 3. The highest BCUT2D eigenvalue weighted by molar-refractivity contribution is 4.92. The van der Waals surface area contributed by atoms with Crippen molar-refractivity contribution >= 4 is 0 Å². The first-order chi connectivity index (χ1) is 8.93. The van der Waals surface area contributed by atoms with E-state index in [1.807, 2.05) is 0 Å². The molecule has 0 N–H and O–H groups in total. The molecule has 0 bridgehead atoms. The minimum atomic E-state index is -0.659. The lowest BCUT2D eigenvalue weighted by Gasteiger charge is -2.11. The average Bonchev–Trinajstić information content (AvgIpc) is 2.35. The topological polar surface area (TPSA) is 66.0 Å². The van der Waals surface area contributed by atoms with E-state index < -0.39 is 17.1 Å². The first-order valence-electron chi connectivity index (χ1n) is 5.74. The third-order valence-corrected chi connectivity index (χ3v) is 2.44. The lowest BCUT2D eigenvalue weighted by atomic mass is 10.3. The third kappa shape index (κ3) is 2.90. The van der Waals surface area contributed by atoms with Crippen molar-refractivity contribution in [2.45, 2.75) is 26.6 Å². The summed E-state index contributed by atoms with van der Waals surface area (Å²) in [6.45, 7) is 12.5. The van der Waals surface area contributed by atoms with Crippen molar-refractivity contribution in [2.24, 2.45) is 0 Å². The molecule has 6 heteroatoms. The van der Waals surface area contributed by atoms with Gasteiger partial charge >= 0.3 is 17.1 Å². The van der Waals surface area contributed by atoms with Gasteiger partial charge in [0.15, 0.2) is 0 Å². The smallest absolute Gasteiger partial charge is 0.247 e. The van der Waals surface area contributed by atoms with Crippen LogP contribution in [0, 0.1) is 0 Å². The van der Waals surface area contributed by atoms with E-state index in [1.165, 1.54) is 12.2 Å². The lowest BCUT2D eigenvalue weighted by Crippen LogP contribution is -2.54. The predicted octanol–water partition coefficient (Wildman–Crippen LogP) is 0.120. The summed E-state index contributed by atoms with van der Waals surface area (Å²) in [6, 6.07) is 0. The highest BCUT2D eigenvalue weighted by Gasteiger charge is 2.13. The van der Waals surface area contributed by atoms with Crippen LogP contribution in [0.5, 0.6) is 0 Å². The van der Waals surface area contributed by atoms with Crippen LogP contribution in [-0.2, 0) is 19.6 Å². The highest BCUT2D eigenvalue weighted by atomic mass is 16.2. The second-order valence-corrected chi connectivity index (χ2v) is 4.19. The van der Waals surface area contributed by atoms with Crippen LogP contribution >= 0.6 is 0 Å². The molecule has 0 amide bonds. The second-order valence-electron chi connectivity index (χ2n) is 4.19. The van der Waals surface area contributed by atoms with Crippen molar-refractivity contribution in [1.82, 2.24) is 13.7 Å². The van der Waals surface area contributed by atoms with Crippen molar-refractivity contribution in [2.75, 3.05) is 0 Å². The second kappa shape index (κ2) is 5.99. The molecule has 0 aliphatic heterocycles. The maximum Gasteiger partial charge on any atom is 0.336 e. The first kappa shape index (κ1) is 14.7. The molecule has 0 aliphatic carbocycles. The summed E-state index contributed by atoms with van der Waals surface area (Å²) >= 11 is 0. The molecular formula is C13H17N3O3. The van der Waals surface area contributed by atoms with Gasteiger partial charge in [0.2, 0.25) is 0 Å². The van der Waals surface area contributed by atoms with Crippen molar-refractivity contribution < 1.29 is 0 Å². The van der Waals surface area contributed by atoms with Gasteiger partial charge in [-0.3, -0.25) is 0 Å². The van der Waals surface area contributed by atoms with Gasteiger partial charge in [-0.05, 0) is 6.92 Å². The van der Waals surface area contributed by atoms with Crippen LogP contribution in [0.2, 0.25) is 0 Å². The van der Waals surface area contributed by atoms with E-state index in [2.05, 4.69) is 19.7 Å². The van der Waals surface area contributed by atoms with Crippen LogP contribution in [0.25, 0.3) is 0 Å². The fourth-order valence-electron chi connectivity index (χ4n) is 1.66. The van der Waals surface area contributed by atoms with E-state index in [9.17, 15) is 14.4 Å². The molecule has 0 saturated heterocycles. The Hall–Kier alpha value is -2.37. The molecule has 0 aliphatic rings. The summed E-state index contributed by atoms with van der Waals surface area (Å²) < 4.78 is 2.90. The van der Waals surface area contributed by atoms with Crippen molar-refractivity contribution in [3.05, 3.63) is 68.9 Å². The zero-order chi connectivity index (χ0) is 14.6. The van der Waals surface area contributed by atoms with Gasteiger partial charge < -0.3 is 0 Å². The summed E-state index contributed by atoms with van der Waals surface area (Å²) in [7, 11) is 0. The Labute approximate surface area is 110 Å². The molecule has 1 aromatic rings. The quantitative estimate of drug-likeness (QED) is 0.685. The van der Waals surface area contributed by atoms with Gasteiger partial charge in [-0.2, -0.15) is 0 Å². The average molecular weight is 263 g/mol. The molecule has 0 unspecified atom stereocenters. The zero-order valence-corrected chi connectivity index (χ0v) is 11.0. The third-order valence-electron chi connectivity index (χ3n) is 2.44. The highest BCUT2D eigenvalue weighted by Crippen LogP contribution is 1.88. The SMILES string of the molecule is C=CCn1c(=O)n(CC=C)c(=O)n(CC(=C)C)c1=O. The number of nitrogens with zero attached hydrogens (tertiary/aromatic N) is 3. The van der Waals surface area contributed by atoms with Crippen molar-refractivity contribution in [3.8, 4) is 0 Å². The minimum Gasteiger partial charge on any atom is -0.247 e. The molecule has 0 atom stereocenters. The number of aromatic nitrogens is 3. The van der Waals surface area contributed by atoms with E-state index in [4.69, 9.17) is 0 Å². The van der Waals surface area contributed by atoms with Crippen molar-refractivity contribution in [1.29, 1.82) is 0 Å². The Balaban J connectivity index is 3.73. The molecule has 0 spiro atoms. The van der Waals surface area contributed by atoms with E-state index >= 15 is 0 Å². The van der Waals surface area contributed by atoms with Crippen LogP contribution in [0.4, 0.5) is 0 Å².